The first-order valence-electron chi connectivity index (χ1n) is 5.33. The fourth-order valence-corrected chi connectivity index (χ4v) is 1.49. The molecule has 0 aliphatic rings. The van der Waals surface area contributed by atoms with Gasteiger partial charge >= 0.3 is 0 Å². The normalized spacial score (nSPS) is 10.7. The first-order valence-corrected chi connectivity index (χ1v) is 5.33. The molecule has 0 unspecified atom stereocenters. The third-order valence-electron chi connectivity index (χ3n) is 2.67. The van der Waals surface area contributed by atoms with Gasteiger partial charge in [0, 0.05) is 0 Å². The van der Waals surface area contributed by atoms with Crippen molar-refractivity contribution in [1.29, 1.82) is 0 Å². The molecule has 0 heterocycles. The van der Waals surface area contributed by atoms with Gasteiger partial charge in [0.25, 0.3) is 0 Å². The van der Waals surface area contributed by atoms with E-state index in [9.17, 15) is 0 Å². The predicted octanol–water partition coefficient (Wildman–Crippen LogP) is 1.16. The van der Waals surface area contributed by atoms with Gasteiger partial charge in [-0.1, -0.05) is 12.1 Å². The molecule has 0 saturated heterocycles. The highest BCUT2D eigenvalue weighted by molar-refractivity contribution is 5.27. The van der Waals surface area contributed by atoms with Gasteiger partial charge in [0.1, 0.15) is 5.75 Å². The Morgan fingerprint density at radius 2 is 1.73 bits per heavy atom. The maximum atomic E-state index is 5.59. The van der Waals surface area contributed by atoms with Crippen LogP contribution in [0.2, 0.25) is 0 Å². The molecular formula is C12H20N2O. The average Bonchev–Trinajstić information content (AvgIpc) is 2.31. The van der Waals surface area contributed by atoms with Crippen LogP contribution in [-0.4, -0.2) is 20.2 Å². The molecule has 0 amide bonds. The molecule has 0 aliphatic carbocycles. The quantitative estimate of drug-likeness (QED) is 0.737. The van der Waals surface area contributed by atoms with Gasteiger partial charge in [-0.2, -0.15) is 0 Å². The molecule has 3 nitrogen and oxygen atoms in total. The van der Waals surface area contributed by atoms with E-state index in [1.807, 2.05) is 12.1 Å². The van der Waals surface area contributed by atoms with Gasteiger partial charge in [-0.25, -0.2) is 0 Å². The van der Waals surface area contributed by atoms with Crippen LogP contribution in [0.3, 0.4) is 0 Å². The Labute approximate surface area is 91.4 Å². The minimum Gasteiger partial charge on any atom is -0.497 e. The minimum atomic E-state index is 0.437. The zero-order chi connectivity index (χ0) is 11.1. The van der Waals surface area contributed by atoms with Crippen LogP contribution in [0.25, 0.3) is 0 Å². The fourth-order valence-electron chi connectivity index (χ4n) is 1.49. The number of hydrogen-bond acceptors (Lipinski definition) is 3. The van der Waals surface area contributed by atoms with Crippen molar-refractivity contribution in [3.8, 4) is 5.75 Å². The van der Waals surface area contributed by atoms with Gasteiger partial charge in [0.2, 0.25) is 0 Å². The third-order valence-corrected chi connectivity index (χ3v) is 2.67. The van der Waals surface area contributed by atoms with E-state index < -0.39 is 0 Å². The molecule has 0 aliphatic heterocycles. The van der Waals surface area contributed by atoms with Crippen LogP contribution < -0.4 is 16.2 Å². The highest BCUT2D eigenvalue weighted by Gasteiger charge is 2.04. The van der Waals surface area contributed by atoms with Crippen molar-refractivity contribution in [1.82, 2.24) is 0 Å². The Hall–Kier alpha value is -1.06. The molecule has 0 atom stereocenters. The van der Waals surface area contributed by atoms with E-state index in [1.54, 1.807) is 7.11 Å². The Balaban J connectivity index is 2.43. The molecule has 1 aromatic carbocycles. The van der Waals surface area contributed by atoms with Crippen LogP contribution >= 0.6 is 0 Å². The van der Waals surface area contributed by atoms with E-state index in [1.165, 1.54) is 5.56 Å². The topological polar surface area (TPSA) is 61.3 Å². The summed E-state index contributed by atoms with van der Waals surface area (Å²) in [7, 11) is 1.67. The standard InChI is InChI=1S/C12H20N2O/c1-15-12-6-4-10(5-7-12)2-3-11(8-13)9-14/h4-7,11H,2-3,8-9,13-14H2,1H3. The second kappa shape index (κ2) is 6.43. The summed E-state index contributed by atoms with van der Waals surface area (Å²) >= 11 is 0. The lowest BCUT2D eigenvalue weighted by Crippen LogP contribution is -2.23. The van der Waals surface area contributed by atoms with Crippen LogP contribution in [-0.2, 0) is 6.42 Å². The summed E-state index contributed by atoms with van der Waals surface area (Å²) in [6, 6.07) is 8.14. The largest absolute Gasteiger partial charge is 0.497 e. The Kier molecular flexibility index (Phi) is 5.15. The molecule has 0 fully saturated rings. The molecule has 15 heavy (non-hydrogen) atoms. The van der Waals surface area contributed by atoms with Gasteiger partial charge in [-0.15, -0.1) is 0 Å². The molecule has 84 valence electrons. The van der Waals surface area contributed by atoms with Crippen LogP contribution in [0.4, 0.5) is 0 Å². The molecule has 0 spiro atoms. The Morgan fingerprint density at radius 3 is 2.20 bits per heavy atom. The van der Waals surface area contributed by atoms with Crippen LogP contribution in [0.15, 0.2) is 24.3 Å². The molecule has 0 aromatic heterocycles. The zero-order valence-corrected chi connectivity index (χ0v) is 9.28. The van der Waals surface area contributed by atoms with Crippen LogP contribution in [0, 0.1) is 5.92 Å². The molecule has 0 radical (unpaired) electrons. The lowest BCUT2D eigenvalue weighted by Gasteiger charge is -2.11. The van der Waals surface area contributed by atoms with Crippen molar-refractivity contribution >= 4 is 0 Å². The minimum absolute atomic E-state index is 0.437. The molecule has 1 rings (SSSR count). The summed E-state index contributed by atoms with van der Waals surface area (Å²) in [5.74, 6) is 1.33. The van der Waals surface area contributed by atoms with Crippen molar-refractivity contribution in [2.75, 3.05) is 20.2 Å². The molecule has 3 heteroatoms. The second-order valence-electron chi connectivity index (χ2n) is 3.72. The van der Waals surface area contributed by atoms with Crippen molar-refractivity contribution in [3.63, 3.8) is 0 Å². The van der Waals surface area contributed by atoms with Gasteiger partial charge in [0.15, 0.2) is 0 Å². The Morgan fingerprint density at radius 1 is 1.13 bits per heavy atom. The van der Waals surface area contributed by atoms with Gasteiger partial charge in [-0.3, -0.25) is 0 Å². The van der Waals surface area contributed by atoms with E-state index in [2.05, 4.69) is 12.1 Å². The van der Waals surface area contributed by atoms with Crippen molar-refractivity contribution in [2.24, 2.45) is 17.4 Å². The average molecular weight is 208 g/mol. The van der Waals surface area contributed by atoms with Gasteiger partial charge < -0.3 is 16.2 Å². The molecule has 0 saturated carbocycles. The summed E-state index contributed by atoms with van der Waals surface area (Å²) in [6.45, 7) is 1.35. The fraction of sp³-hybridized carbons (Fsp3) is 0.500. The summed E-state index contributed by atoms with van der Waals surface area (Å²) < 4.78 is 5.10. The molecule has 4 N–H and O–H groups in total. The summed E-state index contributed by atoms with van der Waals surface area (Å²) in [4.78, 5) is 0. The lowest BCUT2D eigenvalue weighted by molar-refractivity contribution is 0.414. The van der Waals surface area contributed by atoms with Crippen molar-refractivity contribution in [2.45, 2.75) is 12.8 Å². The smallest absolute Gasteiger partial charge is 0.118 e. The molecular weight excluding hydrogens is 188 g/mol. The van der Waals surface area contributed by atoms with Gasteiger partial charge in [-0.05, 0) is 49.5 Å². The van der Waals surface area contributed by atoms with E-state index in [0.717, 1.165) is 18.6 Å². The number of nitrogens with two attached hydrogens (primary N) is 2. The maximum absolute atomic E-state index is 5.59. The maximum Gasteiger partial charge on any atom is 0.118 e. The number of hydrogen-bond donors (Lipinski definition) is 2. The summed E-state index contributed by atoms with van der Waals surface area (Å²) in [6.07, 6.45) is 2.09. The zero-order valence-electron chi connectivity index (χ0n) is 9.28. The first-order chi connectivity index (χ1) is 7.30. The van der Waals surface area contributed by atoms with E-state index in [0.29, 0.717) is 19.0 Å². The third kappa shape index (κ3) is 3.90. The molecule has 1 aromatic rings. The number of rotatable bonds is 6. The first kappa shape index (κ1) is 12.0. The second-order valence-corrected chi connectivity index (χ2v) is 3.72. The highest BCUT2D eigenvalue weighted by Crippen LogP contribution is 2.14. The van der Waals surface area contributed by atoms with E-state index in [-0.39, 0.29) is 0 Å². The number of ether oxygens (including phenoxy) is 1. The van der Waals surface area contributed by atoms with Crippen LogP contribution in [0.5, 0.6) is 5.75 Å². The summed E-state index contributed by atoms with van der Waals surface area (Å²) in [5.41, 5.74) is 12.5. The van der Waals surface area contributed by atoms with Gasteiger partial charge in [0.05, 0.1) is 7.11 Å². The number of aryl methyl sites for hydroxylation is 1. The van der Waals surface area contributed by atoms with Crippen LogP contribution in [0.1, 0.15) is 12.0 Å². The van der Waals surface area contributed by atoms with E-state index in [4.69, 9.17) is 16.2 Å². The monoisotopic (exact) mass is 208 g/mol. The molecule has 0 bridgehead atoms. The number of benzene rings is 1. The summed E-state index contributed by atoms with van der Waals surface area (Å²) in [5, 5.41) is 0. The lowest BCUT2D eigenvalue weighted by atomic mass is 10.00. The predicted molar refractivity (Wildman–Crippen MR) is 62.9 cm³/mol. The highest BCUT2D eigenvalue weighted by atomic mass is 16.5. The number of methoxy groups -OCH3 is 1. The van der Waals surface area contributed by atoms with Crippen molar-refractivity contribution in [3.05, 3.63) is 29.8 Å². The van der Waals surface area contributed by atoms with Crippen molar-refractivity contribution < 1.29 is 4.74 Å². The van der Waals surface area contributed by atoms with E-state index >= 15 is 0 Å². The Bertz CT molecular complexity index is 267. The SMILES string of the molecule is COc1ccc(CCC(CN)CN)cc1.